The predicted molar refractivity (Wildman–Crippen MR) is 73.2 cm³/mol. The van der Waals surface area contributed by atoms with E-state index in [4.69, 9.17) is 9.26 Å². The molecule has 7 heteroatoms. The summed E-state index contributed by atoms with van der Waals surface area (Å²) in [7, 11) is 0. The van der Waals surface area contributed by atoms with Gasteiger partial charge >= 0.3 is 11.8 Å². The quantitative estimate of drug-likeness (QED) is 0.553. The fraction of sp³-hybridized carbons (Fsp3) is 0.615. The van der Waals surface area contributed by atoms with E-state index in [-0.39, 0.29) is 5.82 Å². The fourth-order valence-corrected chi connectivity index (χ4v) is 1.40. The number of amides is 2. The first kappa shape index (κ1) is 16.2. The van der Waals surface area contributed by atoms with Gasteiger partial charge in [-0.05, 0) is 19.8 Å². The van der Waals surface area contributed by atoms with Crippen molar-refractivity contribution in [3.8, 4) is 0 Å². The van der Waals surface area contributed by atoms with Crippen molar-refractivity contribution in [3.05, 3.63) is 11.8 Å². The molecule has 2 amide bonds. The number of aryl methyl sites for hydroxylation is 1. The topological polar surface area (TPSA) is 93.5 Å². The van der Waals surface area contributed by atoms with Gasteiger partial charge in [0.15, 0.2) is 5.82 Å². The SMILES string of the molecule is CCCCOCCCNC(=O)C(=O)Nc1cc(C)on1. The minimum atomic E-state index is -0.759. The van der Waals surface area contributed by atoms with Gasteiger partial charge in [0.25, 0.3) is 0 Å². The van der Waals surface area contributed by atoms with Crippen LogP contribution in [-0.4, -0.2) is 36.7 Å². The van der Waals surface area contributed by atoms with Crippen LogP contribution in [-0.2, 0) is 14.3 Å². The standard InChI is InChI=1S/C13H21N3O4/c1-3-4-7-19-8-5-6-14-12(17)13(18)15-11-9-10(2)20-16-11/h9H,3-8H2,1-2H3,(H,14,17)(H,15,16,18). The molecule has 0 radical (unpaired) electrons. The predicted octanol–water partition coefficient (Wildman–Crippen LogP) is 1.24. The summed E-state index contributed by atoms with van der Waals surface area (Å²) in [5.74, 6) is -0.667. The van der Waals surface area contributed by atoms with Crippen molar-refractivity contribution in [1.29, 1.82) is 0 Å². The highest BCUT2D eigenvalue weighted by atomic mass is 16.5. The van der Waals surface area contributed by atoms with Gasteiger partial charge < -0.3 is 14.6 Å². The lowest BCUT2D eigenvalue weighted by Gasteiger charge is -2.05. The zero-order chi connectivity index (χ0) is 14.8. The molecule has 0 atom stereocenters. The Morgan fingerprint density at radius 3 is 2.70 bits per heavy atom. The number of hydrogen-bond acceptors (Lipinski definition) is 5. The Hall–Kier alpha value is -1.89. The summed E-state index contributed by atoms with van der Waals surface area (Å²) in [6.45, 7) is 5.50. The van der Waals surface area contributed by atoms with Gasteiger partial charge in [-0.25, -0.2) is 0 Å². The molecule has 1 aromatic rings. The van der Waals surface area contributed by atoms with Crippen molar-refractivity contribution < 1.29 is 18.8 Å². The van der Waals surface area contributed by atoms with E-state index in [1.807, 2.05) is 0 Å². The molecule has 0 spiro atoms. The van der Waals surface area contributed by atoms with Crippen LogP contribution in [0.2, 0.25) is 0 Å². The largest absolute Gasteiger partial charge is 0.381 e. The van der Waals surface area contributed by atoms with E-state index in [1.165, 1.54) is 6.07 Å². The Bertz CT molecular complexity index is 431. The summed E-state index contributed by atoms with van der Waals surface area (Å²) in [6.07, 6.45) is 2.80. The van der Waals surface area contributed by atoms with E-state index < -0.39 is 11.8 Å². The second-order valence-electron chi connectivity index (χ2n) is 4.35. The smallest absolute Gasteiger partial charge is 0.314 e. The molecule has 0 fully saturated rings. The van der Waals surface area contributed by atoms with Crippen molar-refractivity contribution in [2.75, 3.05) is 25.1 Å². The van der Waals surface area contributed by atoms with E-state index in [0.717, 1.165) is 19.4 Å². The molecule has 0 aliphatic rings. The van der Waals surface area contributed by atoms with Gasteiger partial charge in [0, 0.05) is 25.8 Å². The van der Waals surface area contributed by atoms with E-state index in [1.54, 1.807) is 6.92 Å². The molecule has 0 aromatic carbocycles. The molecule has 0 saturated carbocycles. The normalized spacial score (nSPS) is 10.3. The molecule has 112 valence electrons. The second kappa shape index (κ2) is 9.08. The van der Waals surface area contributed by atoms with Crippen LogP contribution in [0, 0.1) is 6.92 Å². The van der Waals surface area contributed by atoms with E-state index >= 15 is 0 Å². The lowest BCUT2D eigenvalue weighted by Crippen LogP contribution is -2.36. The number of carbonyl (C=O) groups is 2. The zero-order valence-corrected chi connectivity index (χ0v) is 11.9. The minimum absolute atomic E-state index is 0.227. The third-order valence-electron chi connectivity index (χ3n) is 2.47. The Morgan fingerprint density at radius 2 is 2.05 bits per heavy atom. The molecule has 20 heavy (non-hydrogen) atoms. The van der Waals surface area contributed by atoms with Gasteiger partial charge in [0.05, 0.1) is 0 Å². The number of nitrogens with zero attached hydrogens (tertiary/aromatic N) is 1. The number of hydrogen-bond donors (Lipinski definition) is 2. The maximum absolute atomic E-state index is 11.5. The zero-order valence-electron chi connectivity index (χ0n) is 11.9. The average Bonchev–Trinajstić information content (AvgIpc) is 2.82. The fourth-order valence-electron chi connectivity index (χ4n) is 1.40. The average molecular weight is 283 g/mol. The molecule has 1 heterocycles. The van der Waals surface area contributed by atoms with Crippen LogP contribution in [0.3, 0.4) is 0 Å². The van der Waals surface area contributed by atoms with Crippen LogP contribution in [0.5, 0.6) is 0 Å². The first-order chi connectivity index (χ1) is 9.63. The lowest BCUT2D eigenvalue weighted by atomic mass is 10.3. The van der Waals surface area contributed by atoms with Crippen LogP contribution in [0.25, 0.3) is 0 Å². The molecule has 1 rings (SSSR count). The minimum Gasteiger partial charge on any atom is -0.381 e. The molecular formula is C13H21N3O4. The Kier molecular flexibility index (Phi) is 7.34. The second-order valence-corrected chi connectivity index (χ2v) is 4.35. The van der Waals surface area contributed by atoms with Crippen LogP contribution in [0.15, 0.2) is 10.6 Å². The lowest BCUT2D eigenvalue weighted by molar-refractivity contribution is -0.136. The highest BCUT2D eigenvalue weighted by molar-refractivity contribution is 6.39. The number of nitrogens with one attached hydrogen (secondary N) is 2. The molecule has 1 aromatic heterocycles. The van der Waals surface area contributed by atoms with Crippen molar-refractivity contribution in [2.45, 2.75) is 33.1 Å². The third kappa shape index (κ3) is 6.33. The van der Waals surface area contributed by atoms with Gasteiger partial charge in [0.2, 0.25) is 0 Å². The van der Waals surface area contributed by atoms with Gasteiger partial charge in [-0.2, -0.15) is 0 Å². The molecule has 7 nitrogen and oxygen atoms in total. The summed E-state index contributed by atoms with van der Waals surface area (Å²) >= 11 is 0. The highest BCUT2D eigenvalue weighted by Crippen LogP contribution is 2.06. The number of rotatable bonds is 8. The van der Waals surface area contributed by atoms with Gasteiger partial charge in [0.1, 0.15) is 5.76 Å². The third-order valence-corrected chi connectivity index (χ3v) is 2.47. The van der Waals surface area contributed by atoms with Crippen molar-refractivity contribution in [3.63, 3.8) is 0 Å². The van der Waals surface area contributed by atoms with E-state index in [2.05, 4.69) is 22.7 Å². The Balaban J connectivity index is 2.11. The maximum Gasteiger partial charge on any atom is 0.314 e. The molecular weight excluding hydrogens is 262 g/mol. The summed E-state index contributed by atoms with van der Waals surface area (Å²) in [6, 6.07) is 1.53. The maximum atomic E-state index is 11.5. The number of aromatic nitrogens is 1. The monoisotopic (exact) mass is 283 g/mol. The Labute approximate surface area is 118 Å². The van der Waals surface area contributed by atoms with Gasteiger partial charge in [-0.15, -0.1) is 0 Å². The number of unbranched alkanes of at least 4 members (excludes halogenated alkanes) is 1. The number of anilines is 1. The van der Waals surface area contributed by atoms with E-state index in [9.17, 15) is 9.59 Å². The molecule has 0 saturated heterocycles. The summed E-state index contributed by atoms with van der Waals surface area (Å²) in [5.41, 5.74) is 0. The number of carbonyl (C=O) groups excluding carboxylic acids is 2. The molecule has 0 unspecified atom stereocenters. The summed E-state index contributed by atoms with van der Waals surface area (Å²) < 4.78 is 10.1. The van der Waals surface area contributed by atoms with Crippen LogP contribution in [0.1, 0.15) is 31.9 Å². The first-order valence-corrected chi connectivity index (χ1v) is 6.73. The van der Waals surface area contributed by atoms with Crippen molar-refractivity contribution in [1.82, 2.24) is 10.5 Å². The molecule has 2 N–H and O–H groups in total. The van der Waals surface area contributed by atoms with Crippen LogP contribution in [0.4, 0.5) is 5.82 Å². The van der Waals surface area contributed by atoms with E-state index in [0.29, 0.717) is 25.3 Å². The molecule has 0 aliphatic heterocycles. The van der Waals surface area contributed by atoms with Crippen LogP contribution >= 0.6 is 0 Å². The highest BCUT2D eigenvalue weighted by Gasteiger charge is 2.14. The Morgan fingerprint density at radius 1 is 1.30 bits per heavy atom. The van der Waals surface area contributed by atoms with Crippen molar-refractivity contribution >= 4 is 17.6 Å². The van der Waals surface area contributed by atoms with Crippen LogP contribution < -0.4 is 10.6 Å². The van der Waals surface area contributed by atoms with Gasteiger partial charge in [-0.3, -0.25) is 14.9 Å². The number of ether oxygens (including phenoxy) is 1. The van der Waals surface area contributed by atoms with Crippen molar-refractivity contribution in [2.24, 2.45) is 0 Å². The first-order valence-electron chi connectivity index (χ1n) is 6.73. The molecule has 0 bridgehead atoms. The van der Waals surface area contributed by atoms with Gasteiger partial charge in [-0.1, -0.05) is 18.5 Å². The molecule has 0 aliphatic carbocycles. The summed E-state index contributed by atoms with van der Waals surface area (Å²) in [4.78, 5) is 23.0. The summed E-state index contributed by atoms with van der Waals surface area (Å²) in [5, 5.41) is 8.42.